The number of nitrogens with zero attached hydrogens (tertiary/aromatic N) is 3. The third kappa shape index (κ3) is 3.31. The van der Waals surface area contributed by atoms with Crippen molar-refractivity contribution < 1.29 is 4.39 Å². The zero-order valence-electron chi connectivity index (χ0n) is 12.8. The highest BCUT2D eigenvalue weighted by atomic mass is 32.2. The van der Waals surface area contributed by atoms with Gasteiger partial charge in [-0.15, -0.1) is 11.3 Å². The topological polar surface area (TPSA) is 71.5 Å². The van der Waals surface area contributed by atoms with Crippen LogP contribution in [0, 0.1) is 5.82 Å². The lowest BCUT2D eigenvalue weighted by atomic mass is 10.1. The van der Waals surface area contributed by atoms with Crippen LogP contribution in [0.15, 0.2) is 58.1 Å². The molecular weight excluding hydrogens is 359 g/mol. The Morgan fingerprint density at radius 3 is 2.68 bits per heavy atom. The van der Waals surface area contributed by atoms with Crippen LogP contribution < -0.4 is 5.56 Å². The quantitative estimate of drug-likeness (QED) is 0.436. The minimum atomic E-state index is -0.308. The van der Waals surface area contributed by atoms with Crippen LogP contribution in [0.2, 0.25) is 0 Å². The second-order valence-electron chi connectivity index (χ2n) is 5.17. The number of hydrogen-bond acceptors (Lipinski definition) is 6. The van der Waals surface area contributed by atoms with E-state index in [1.165, 1.54) is 35.2 Å². The number of fused-ring (bicyclic) bond motifs is 1. The maximum atomic E-state index is 13.1. The summed E-state index contributed by atoms with van der Waals surface area (Å²) in [6.07, 6.45) is 3.34. The number of thioether (sulfide) groups is 1. The molecule has 8 heteroatoms. The van der Waals surface area contributed by atoms with Gasteiger partial charge in [0.1, 0.15) is 16.5 Å². The Kier molecular flexibility index (Phi) is 4.29. The molecule has 3 aromatic heterocycles. The average Bonchev–Trinajstić information content (AvgIpc) is 3.06. The van der Waals surface area contributed by atoms with E-state index in [0.29, 0.717) is 27.0 Å². The molecule has 0 unspecified atom stereocenters. The van der Waals surface area contributed by atoms with Gasteiger partial charge in [0, 0.05) is 23.3 Å². The van der Waals surface area contributed by atoms with Crippen LogP contribution in [-0.4, -0.2) is 19.9 Å². The van der Waals surface area contributed by atoms with Crippen LogP contribution in [0.4, 0.5) is 4.39 Å². The van der Waals surface area contributed by atoms with Gasteiger partial charge in [0.2, 0.25) is 0 Å². The standard InChI is InChI=1S/C17H11FN4OS2/c18-11-4-2-10(3-5-11)12-8-24-16-14(12)15(23)21-13(22-16)9-25-17-19-6-1-7-20-17/h1-8H,9H2,(H,21,22,23). The molecule has 0 amide bonds. The summed E-state index contributed by atoms with van der Waals surface area (Å²) in [5, 5.41) is 3.03. The maximum absolute atomic E-state index is 13.1. The van der Waals surface area contributed by atoms with Gasteiger partial charge < -0.3 is 4.98 Å². The molecule has 3 heterocycles. The van der Waals surface area contributed by atoms with Crippen molar-refractivity contribution in [1.82, 2.24) is 19.9 Å². The van der Waals surface area contributed by atoms with Crippen LogP contribution in [0.3, 0.4) is 0 Å². The summed E-state index contributed by atoms with van der Waals surface area (Å²) in [4.78, 5) is 28.8. The zero-order valence-corrected chi connectivity index (χ0v) is 14.4. The number of benzene rings is 1. The van der Waals surface area contributed by atoms with Crippen LogP contribution in [0.25, 0.3) is 21.3 Å². The third-order valence-electron chi connectivity index (χ3n) is 3.53. The molecule has 0 aliphatic carbocycles. The van der Waals surface area contributed by atoms with Crippen LogP contribution in [0.1, 0.15) is 5.82 Å². The Hall–Kier alpha value is -2.58. The van der Waals surface area contributed by atoms with E-state index in [1.807, 2.05) is 5.38 Å². The van der Waals surface area contributed by atoms with Crippen molar-refractivity contribution in [2.45, 2.75) is 10.9 Å². The van der Waals surface area contributed by atoms with Crippen LogP contribution >= 0.6 is 23.1 Å². The number of nitrogens with one attached hydrogen (secondary N) is 1. The molecule has 0 atom stereocenters. The molecule has 5 nitrogen and oxygen atoms in total. The first kappa shape index (κ1) is 15.9. The molecule has 1 N–H and O–H groups in total. The number of aromatic amines is 1. The SMILES string of the molecule is O=c1[nH]c(CSc2ncccn2)nc2scc(-c3ccc(F)cc3)c12. The Bertz CT molecular complexity index is 1080. The van der Waals surface area contributed by atoms with E-state index >= 15 is 0 Å². The first-order chi connectivity index (χ1) is 12.2. The zero-order chi connectivity index (χ0) is 17.2. The molecule has 0 saturated carbocycles. The van der Waals surface area contributed by atoms with Crippen molar-refractivity contribution >= 4 is 33.3 Å². The molecule has 4 rings (SSSR count). The largest absolute Gasteiger partial charge is 0.309 e. The molecule has 4 aromatic rings. The predicted octanol–water partition coefficient (Wildman–Crippen LogP) is 3.87. The summed E-state index contributed by atoms with van der Waals surface area (Å²) in [7, 11) is 0. The van der Waals surface area contributed by atoms with E-state index in [0.717, 1.165) is 11.1 Å². The summed E-state index contributed by atoms with van der Waals surface area (Å²) < 4.78 is 13.1. The van der Waals surface area contributed by atoms with Gasteiger partial charge in [0.15, 0.2) is 5.16 Å². The third-order valence-corrected chi connectivity index (χ3v) is 5.29. The molecule has 0 aliphatic heterocycles. The van der Waals surface area contributed by atoms with Crippen molar-refractivity contribution in [2.75, 3.05) is 0 Å². The minimum absolute atomic E-state index is 0.199. The highest BCUT2D eigenvalue weighted by Crippen LogP contribution is 2.31. The molecular formula is C17H11FN4OS2. The Morgan fingerprint density at radius 1 is 1.16 bits per heavy atom. The molecule has 0 spiro atoms. The summed E-state index contributed by atoms with van der Waals surface area (Å²) >= 11 is 2.80. The van der Waals surface area contributed by atoms with Gasteiger partial charge in [-0.1, -0.05) is 23.9 Å². The van der Waals surface area contributed by atoms with E-state index < -0.39 is 0 Å². The van der Waals surface area contributed by atoms with Crippen LogP contribution in [0.5, 0.6) is 0 Å². The minimum Gasteiger partial charge on any atom is -0.309 e. The summed E-state index contributed by atoms with van der Waals surface area (Å²) in [5.74, 6) is 0.735. The Balaban J connectivity index is 1.67. The number of hydrogen-bond donors (Lipinski definition) is 1. The Morgan fingerprint density at radius 2 is 1.92 bits per heavy atom. The lowest BCUT2D eigenvalue weighted by Gasteiger charge is -2.02. The second kappa shape index (κ2) is 6.73. The van der Waals surface area contributed by atoms with Crippen molar-refractivity contribution in [1.29, 1.82) is 0 Å². The van der Waals surface area contributed by atoms with E-state index in [9.17, 15) is 9.18 Å². The smallest absolute Gasteiger partial charge is 0.260 e. The molecule has 0 bridgehead atoms. The maximum Gasteiger partial charge on any atom is 0.260 e. The van der Waals surface area contributed by atoms with Gasteiger partial charge in [-0.25, -0.2) is 19.3 Å². The van der Waals surface area contributed by atoms with Gasteiger partial charge in [-0.3, -0.25) is 4.79 Å². The van der Waals surface area contributed by atoms with E-state index in [2.05, 4.69) is 19.9 Å². The van der Waals surface area contributed by atoms with Gasteiger partial charge >= 0.3 is 0 Å². The monoisotopic (exact) mass is 370 g/mol. The van der Waals surface area contributed by atoms with E-state index in [1.54, 1.807) is 30.6 Å². The summed E-state index contributed by atoms with van der Waals surface area (Å²) in [6.45, 7) is 0. The first-order valence-electron chi connectivity index (χ1n) is 7.37. The highest BCUT2D eigenvalue weighted by Gasteiger charge is 2.13. The number of thiophene rings is 1. The molecule has 0 aliphatic rings. The fraction of sp³-hybridized carbons (Fsp3) is 0.0588. The number of H-pyrrole nitrogens is 1. The molecule has 0 fully saturated rings. The normalized spacial score (nSPS) is 11.1. The summed E-state index contributed by atoms with van der Waals surface area (Å²) in [5.41, 5.74) is 1.36. The second-order valence-corrected chi connectivity index (χ2v) is 6.97. The number of aromatic nitrogens is 4. The molecule has 0 saturated heterocycles. The van der Waals surface area contributed by atoms with Crippen molar-refractivity contribution in [3.63, 3.8) is 0 Å². The number of halogens is 1. The molecule has 25 heavy (non-hydrogen) atoms. The predicted molar refractivity (Wildman–Crippen MR) is 97.2 cm³/mol. The number of rotatable bonds is 4. The van der Waals surface area contributed by atoms with Gasteiger partial charge in [0.25, 0.3) is 5.56 Å². The lowest BCUT2D eigenvalue weighted by molar-refractivity contribution is 0.628. The van der Waals surface area contributed by atoms with E-state index in [-0.39, 0.29) is 11.4 Å². The van der Waals surface area contributed by atoms with Gasteiger partial charge in [-0.2, -0.15) is 0 Å². The van der Waals surface area contributed by atoms with E-state index in [4.69, 9.17) is 0 Å². The lowest BCUT2D eigenvalue weighted by Crippen LogP contribution is -2.10. The Labute approximate surface area is 150 Å². The van der Waals surface area contributed by atoms with Crippen molar-refractivity contribution in [2.24, 2.45) is 0 Å². The van der Waals surface area contributed by atoms with Crippen molar-refractivity contribution in [3.8, 4) is 11.1 Å². The van der Waals surface area contributed by atoms with Gasteiger partial charge in [-0.05, 0) is 23.8 Å². The highest BCUT2D eigenvalue weighted by molar-refractivity contribution is 7.98. The fourth-order valence-corrected chi connectivity index (χ4v) is 4.04. The fourth-order valence-electron chi connectivity index (χ4n) is 2.40. The first-order valence-corrected chi connectivity index (χ1v) is 9.23. The average molecular weight is 370 g/mol. The van der Waals surface area contributed by atoms with Gasteiger partial charge in [0.05, 0.1) is 11.1 Å². The molecule has 1 aromatic carbocycles. The van der Waals surface area contributed by atoms with Crippen molar-refractivity contribution in [3.05, 3.63) is 70.1 Å². The summed E-state index contributed by atoms with van der Waals surface area (Å²) in [6, 6.07) is 7.83. The molecule has 0 radical (unpaired) electrons. The van der Waals surface area contributed by atoms with Crippen LogP contribution in [-0.2, 0) is 5.75 Å². The molecule has 124 valence electrons.